The molecule has 29 heavy (non-hydrogen) atoms. The number of methoxy groups -OCH3 is 1. The number of carbonyl (C=O) groups excluding carboxylic acids is 1. The lowest BCUT2D eigenvalue weighted by molar-refractivity contribution is -0.139. The van der Waals surface area contributed by atoms with E-state index in [2.05, 4.69) is 47.8 Å². The highest BCUT2D eigenvalue weighted by Crippen LogP contribution is 2.61. The molecule has 0 saturated carbocycles. The van der Waals surface area contributed by atoms with Crippen LogP contribution in [0.1, 0.15) is 0 Å². The number of hydrogen-bond donors (Lipinski definition) is 1. The van der Waals surface area contributed by atoms with Crippen LogP contribution in [0, 0.1) is 11.3 Å². The molecule has 4 nitrogen and oxygen atoms in total. The van der Waals surface area contributed by atoms with Crippen LogP contribution in [0.4, 0.5) is 0 Å². The van der Waals surface area contributed by atoms with Gasteiger partial charge in [-0.15, -0.1) is 0 Å². The van der Waals surface area contributed by atoms with Crippen LogP contribution in [-0.2, 0) is 9.53 Å². The van der Waals surface area contributed by atoms with E-state index in [1.54, 1.807) is 6.20 Å². The summed E-state index contributed by atoms with van der Waals surface area (Å²) in [4.78, 5) is 11.6. The number of benzene rings is 3. The molecular weight excluding hydrogens is 379 g/mol. The molecule has 5 heteroatoms. The van der Waals surface area contributed by atoms with Crippen LogP contribution in [-0.4, -0.2) is 19.6 Å². The molecule has 0 radical (unpaired) electrons. The SMILES string of the molecule is COC(=O)CNC=C(C#N)[P+](c1ccccc1)(c1ccccc1)c1ccccc1. The molecule has 0 aliphatic carbocycles. The summed E-state index contributed by atoms with van der Waals surface area (Å²) < 4.78 is 4.70. The van der Waals surface area contributed by atoms with Crippen molar-refractivity contribution < 1.29 is 9.53 Å². The highest BCUT2D eigenvalue weighted by Gasteiger charge is 2.50. The van der Waals surface area contributed by atoms with Gasteiger partial charge in [-0.25, -0.2) is 0 Å². The highest BCUT2D eigenvalue weighted by molar-refractivity contribution is 7.99. The van der Waals surface area contributed by atoms with Crippen LogP contribution in [0.5, 0.6) is 0 Å². The van der Waals surface area contributed by atoms with Crippen molar-refractivity contribution in [1.29, 1.82) is 5.26 Å². The van der Waals surface area contributed by atoms with E-state index < -0.39 is 7.26 Å². The van der Waals surface area contributed by atoms with E-state index in [-0.39, 0.29) is 12.5 Å². The number of hydrogen-bond acceptors (Lipinski definition) is 4. The molecule has 0 heterocycles. The molecule has 0 saturated heterocycles. The molecule has 0 aliphatic heterocycles. The summed E-state index contributed by atoms with van der Waals surface area (Å²) in [5, 5.41) is 17.0. The minimum absolute atomic E-state index is 0.0000487. The fourth-order valence-corrected chi connectivity index (χ4v) is 7.35. The Balaban J connectivity index is 2.29. The normalized spacial score (nSPS) is 11.4. The Hall–Kier alpha value is -3.41. The number of carbonyl (C=O) groups is 1. The van der Waals surface area contributed by atoms with Crippen molar-refractivity contribution in [2.24, 2.45) is 0 Å². The van der Waals surface area contributed by atoms with E-state index in [0.717, 1.165) is 15.9 Å². The van der Waals surface area contributed by atoms with Crippen LogP contribution in [0.2, 0.25) is 0 Å². The zero-order valence-corrected chi connectivity index (χ0v) is 17.1. The third-order valence-electron chi connectivity index (χ3n) is 4.62. The van der Waals surface area contributed by atoms with Gasteiger partial charge in [-0.2, -0.15) is 5.26 Å². The smallest absolute Gasteiger partial charge is 0.325 e. The number of esters is 1. The predicted molar refractivity (Wildman–Crippen MR) is 119 cm³/mol. The second-order valence-electron chi connectivity index (χ2n) is 6.28. The molecule has 0 fully saturated rings. The molecule has 0 atom stereocenters. The molecule has 1 N–H and O–H groups in total. The Morgan fingerprint density at radius 1 is 0.897 bits per heavy atom. The van der Waals surface area contributed by atoms with Gasteiger partial charge in [0.25, 0.3) is 0 Å². The van der Waals surface area contributed by atoms with Gasteiger partial charge in [0, 0.05) is 0 Å². The van der Waals surface area contributed by atoms with Crippen molar-refractivity contribution in [2.45, 2.75) is 0 Å². The lowest BCUT2D eigenvalue weighted by atomic mass is 10.4. The van der Waals surface area contributed by atoms with Gasteiger partial charge in [0.2, 0.25) is 5.31 Å². The van der Waals surface area contributed by atoms with E-state index in [1.165, 1.54) is 7.11 Å². The van der Waals surface area contributed by atoms with Gasteiger partial charge in [0.05, 0.1) is 13.3 Å². The molecule has 3 aromatic rings. The molecule has 0 aliphatic rings. The predicted octanol–water partition coefficient (Wildman–Crippen LogP) is 3.11. The Bertz CT molecular complexity index is 916. The molecule has 0 unspecified atom stereocenters. The van der Waals surface area contributed by atoms with E-state index >= 15 is 0 Å². The summed E-state index contributed by atoms with van der Waals surface area (Å²) in [6.07, 6.45) is 1.66. The monoisotopic (exact) mass is 401 g/mol. The molecule has 0 aromatic heterocycles. The van der Waals surface area contributed by atoms with Crippen molar-refractivity contribution in [3.05, 3.63) is 103 Å². The molecular formula is C24H22N2O2P+. The third-order valence-corrected chi connectivity index (χ3v) is 8.79. The molecule has 3 aromatic carbocycles. The minimum Gasteiger partial charge on any atom is -0.468 e. The topological polar surface area (TPSA) is 62.1 Å². The van der Waals surface area contributed by atoms with E-state index in [9.17, 15) is 10.1 Å². The third kappa shape index (κ3) is 4.21. The van der Waals surface area contributed by atoms with E-state index in [4.69, 9.17) is 4.74 Å². The zero-order valence-electron chi connectivity index (χ0n) is 16.2. The summed E-state index contributed by atoms with van der Waals surface area (Å²) >= 11 is 0. The maximum Gasteiger partial charge on any atom is 0.325 e. The molecule has 0 amide bonds. The van der Waals surface area contributed by atoms with Crippen molar-refractivity contribution in [3.8, 4) is 6.07 Å². The summed E-state index contributed by atoms with van der Waals surface area (Å²) in [6, 6.07) is 32.7. The van der Waals surface area contributed by atoms with Gasteiger partial charge >= 0.3 is 5.97 Å². The Kier molecular flexibility index (Phi) is 6.79. The number of ether oxygens (including phenoxy) is 1. The summed E-state index contributed by atoms with van der Waals surface area (Å²) in [5.74, 6) is -0.387. The number of nitriles is 1. The van der Waals surface area contributed by atoms with Crippen LogP contribution >= 0.6 is 7.26 Å². The van der Waals surface area contributed by atoms with E-state index in [0.29, 0.717) is 5.31 Å². The van der Waals surface area contributed by atoms with Crippen molar-refractivity contribution >= 4 is 29.1 Å². The molecule has 0 spiro atoms. The van der Waals surface area contributed by atoms with Crippen LogP contribution < -0.4 is 21.2 Å². The van der Waals surface area contributed by atoms with Crippen LogP contribution in [0.15, 0.2) is 103 Å². The summed E-state index contributed by atoms with van der Waals surface area (Å²) in [7, 11) is -1.11. The Morgan fingerprint density at radius 3 is 1.66 bits per heavy atom. The summed E-state index contributed by atoms with van der Waals surface area (Å²) in [6.45, 7) is 0.0000487. The standard InChI is InChI=1S/C24H22N2O2P/c1-28-24(27)19-26-18-23(17-25)29(20-11-5-2-6-12-20,21-13-7-3-8-14-21)22-15-9-4-10-16-22/h2-16,18,26H,19H2,1H3/q+1. The van der Waals surface area contributed by atoms with Gasteiger partial charge in [-0.1, -0.05) is 54.6 Å². The first-order valence-electron chi connectivity index (χ1n) is 9.20. The molecule has 144 valence electrons. The van der Waals surface area contributed by atoms with Crippen LogP contribution in [0.3, 0.4) is 0 Å². The average Bonchev–Trinajstić information content (AvgIpc) is 2.80. The lowest BCUT2D eigenvalue weighted by Crippen LogP contribution is -2.33. The average molecular weight is 401 g/mol. The second kappa shape index (κ2) is 9.68. The van der Waals surface area contributed by atoms with Gasteiger partial charge < -0.3 is 10.1 Å². The van der Waals surface area contributed by atoms with Crippen molar-refractivity contribution in [1.82, 2.24) is 5.32 Å². The second-order valence-corrected chi connectivity index (χ2v) is 9.65. The zero-order chi connectivity index (χ0) is 20.5. The Morgan fingerprint density at radius 2 is 1.31 bits per heavy atom. The first-order chi connectivity index (χ1) is 14.2. The highest BCUT2D eigenvalue weighted by atomic mass is 31.2. The van der Waals surface area contributed by atoms with Gasteiger partial charge in [0.1, 0.15) is 28.5 Å². The minimum atomic E-state index is -2.45. The van der Waals surface area contributed by atoms with Gasteiger partial charge in [-0.3, -0.25) is 4.79 Å². The Labute approximate surface area is 171 Å². The molecule has 3 rings (SSSR count). The van der Waals surface area contributed by atoms with Gasteiger partial charge in [0.15, 0.2) is 7.26 Å². The molecule has 0 bridgehead atoms. The number of allylic oxidation sites excluding steroid dienone is 1. The van der Waals surface area contributed by atoms with Crippen LogP contribution in [0.25, 0.3) is 0 Å². The quantitative estimate of drug-likeness (QED) is 0.375. The van der Waals surface area contributed by atoms with Crippen molar-refractivity contribution in [3.63, 3.8) is 0 Å². The number of nitrogens with zero attached hydrogens (tertiary/aromatic N) is 1. The van der Waals surface area contributed by atoms with Gasteiger partial charge in [-0.05, 0) is 36.4 Å². The van der Waals surface area contributed by atoms with E-state index in [1.807, 2.05) is 54.6 Å². The number of rotatable bonds is 7. The fraction of sp³-hybridized carbons (Fsp3) is 0.0833. The number of nitrogens with one attached hydrogen (secondary N) is 1. The first kappa shape index (κ1) is 20.3. The maximum absolute atomic E-state index is 11.6. The summed E-state index contributed by atoms with van der Waals surface area (Å²) in [5.41, 5.74) is 0. The maximum atomic E-state index is 11.6. The van der Waals surface area contributed by atoms with Crippen molar-refractivity contribution in [2.75, 3.05) is 13.7 Å². The fourth-order valence-electron chi connectivity index (χ4n) is 3.33. The lowest BCUT2D eigenvalue weighted by Gasteiger charge is -2.26. The largest absolute Gasteiger partial charge is 0.468 e. The first-order valence-corrected chi connectivity index (χ1v) is 11.0.